The second-order valence-corrected chi connectivity index (χ2v) is 5.58. The average Bonchev–Trinajstić information content (AvgIpc) is 2.75. The van der Waals surface area contributed by atoms with E-state index in [1.807, 2.05) is 0 Å². The maximum Gasteiger partial charge on any atom is 0.242 e. The number of hydrogen-bond donors (Lipinski definition) is 0. The van der Waals surface area contributed by atoms with Gasteiger partial charge in [-0.1, -0.05) is 11.6 Å². The van der Waals surface area contributed by atoms with Gasteiger partial charge in [-0.2, -0.15) is 0 Å². The summed E-state index contributed by atoms with van der Waals surface area (Å²) in [5.41, 5.74) is 1.54. The van der Waals surface area contributed by atoms with Gasteiger partial charge in [-0.25, -0.2) is 0 Å². The lowest BCUT2D eigenvalue weighted by Crippen LogP contribution is -2.56. The van der Waals surface area contributed by atoms with Gasteiger partial charge in [0.15, 0.2) is 0 Å². The van der Waals surface area contributed by atoms with Crippen molar-refractivity contribution in [1.29, 1.82) is 0 Å². The molecule has 0 spiro atoms. The predicted molar refractivity (Wildman–Crippen MR) is 70.6 cm³/mol. The molecule has 0 N–H and O–H groups in total. The molecule has 0 amide bonds. The van der Waals surface area contributed by atoms with E-state index in [1.165, 1.54) is 24.8 Å². The Morgan fingerprint density at radius 2 is 2.21 bits per heavy atom. The molecule has 0 radical (unpaired) electrons. The van der Waals surface area contributed by atoms with E-state index in [1.54, 1.807) is 6.92 Å². The van der Waals surface area contributed by atoms with Gasteiger partial charge in [-0.15, -0.1) is 10.2 Å². The Balaban J connectivity index is 1.39. The molecule has 2 heterocycles. The zero-order valence-electron chi connectivity index (χ0n) is 11.6. The highest BCUT2D eigenvalue weighted by Crippen LogP contribution is 2.26. The Bertz CT molecular complexity index is 463. The standard InChI is InChI=1S/C14H21N3O2/c1-10-3-5-12(6-4-10)17-7-13(8-17)18-9-14-16-15-11(2)19-14/h3,12-13H,4-9H2,1-2H3. The van der Waals surface area contributed by atoms with E-state index >= 15 is 0 Å². The summed E-state index contributed by atoms with van der Waals surface area (Å²) in [6, 6.07) is 0.717. The molecule has 1 fully saturated rings. The third-order valence-corrected chi connectivity index (χ3v) is 4.01. The summed E-state index contributed by atoms with van der Waals surface area (Å²) in [4.78, 5) is 2.52. The molecule has 2 aliphatic rings. The van der Waals surface area contributed by atoms with Crippen molar-refractivity contribution in [2.24, 2.45) is 0 Å². The third-order valence-electron chi connectivity index (χ3n) is 4.01. The van der Waals surface area contributed by atoms with Crippen LogP contribution in [0.5, 0.6) is 0 Å². The maximum absolute atomic E-state index is 5.77. The number of allylic oxidation sites excluding steroid dienone is 1. The lowest BCUT2D eigenvalue weighted by Gasteiger charge is -2.44. The Hall–Kier alpha value is -1.20. The quantitative estimate of drug-likeness (QED) is 0.778. The molecule has 5 heteroatoms. The zero-order chi connectivity index (χ0) is 13.2. The normalized spacial score (nSPS) is 25.2. The fourth-order valence-corrected chi connectivity index (χ4v) is 2.74. The van der Waals surface area contributed by atoms with E-state index in [-0.39, 0.29) is 0 Å². The van der Waals surface area contributed by atoms with Gasteiger partial charge >= 0.3 is 0 Å². The largest absolute Gasteiger partial charge is 0.423 e. The molecule has 3 rings (SSSR count). The highest BCUT2D eigenvalue weighted by molar-refractivity contribution is 5.06. The molecular formula is C14H21N3O2. The van der Waals surface area contributed by atoms with Gasteiger partial charge < -0.3 is 9.15 Å². The minimum atomic E-state index is 0.319. The van der Waals surface area contributed by atoms with E-state index in [2.05, 4.69) is 28.1 Å². The van der Waals surface area contributed by atoms with Crippen LogP contribution < -0.4 is 0 Å². The molecule has 1 unspecified atom stereocenters. The maximum atomic E-state index is 5.77. The molecule has 5 nitrogen and oxygen atoms in total. The Kier molecular flexibility index (Phi) is 3.66. The van der Waals surface area contributed by atoms with Gasteiger partial charge in [-0.3, -0.25) is 4.90 Å². The fraction of sp³-hybridized carbons (Fsp3) is 0.714. The lowest BCUT2D eigenvalue weighted by atomic mass is 9.92. The Morgan fingerprint density at radius 1 is 1.37 bits per heavy atom. The molecule has 1 aromatic rings. The van der Waals surface area contributed by atoms with Crippen LogP contribution >= 0.6 is 0 Å². The van der Waals surface area contributed by atoms with E-state index in [4.69, 9.17) is 9.15 Å². The second-order valence-electron chi connectivity index (χ2n) is 5.58. The Morgan fingerprint density at radius 3 is 2.84 bits per heavy atom. The van der Waals surface area contributed by atoms with Gasteiger partial charge in [0.2, 0.25) is 11.8 Å². The number of nitrogens with zero attached hydrogens (tertiary/aromatic N) is 3. The van der Waals surface area contributed by atoms with Gasteiger partial charge in [0.25, 0.3) is 0 Å². The van der Waals surface area contributed by atoms with Crippen LogP contribution in [0.1, 0.15) is 38.0 Å². The zero-order valence-corrected chi connectivity index (χ0v) is 11.6. The first-order valence-corrected chi connectivity index (χ1v) is 7.01. The first-order chi connectivity index (χ1) is 9.20. The molecule has 1 atom stereocenters. The van der Waals surface area contributed by atoms with Crippen LogP contribution in [-0.2, 0) is 11.3 Å². The van der Waals surface area contributed by atoms with Crippen molar-refractivity contribution in [3.63, 3.8) is 0 Å². The highest BCUT2D eigenvalue weighted by atomic mass is 16.5. The van der Waals surface area contributed by atoms with E-state index in [0.29, 0.717) is 30.5 Å². The van der Waals surface area contributed by atoms with Gasteiger partial charge in [0.05, 0.1) is 6.10 Å². The SMILES string of the molecule is CC1=CCC(N2CC(OCc3nnc(C)o3)C2)CC1. The number of rotatable bonds is 4. The molecule has 1 saturated heterocycles. The molecular weight excluding hydrogens is 242 g/mol. The number of ether oxygens (including phenoxy) is 1. The number of likely N-dealkylation sites (tertiary alicyclic amines) is 1. The van der Waals surface area contributed by atoms with Crippen molar-refractivity contribution >= 4 is 0 Å². The summed E-state index contributed by atoms with van der Waals surface area (Å²) in [5, 5.41) is 7.72. The number of hydrogen-bond acceptors (Lipinski definition) is 5. The van der Waals surface area contributed by atoms with Crippen LogP contribution in [0.25, 0.3) is 0 Å². The smallest absolute Gasteiger partial charge is 0.242 e. The van der Waals surface area contributed by atoms with Crippen molar-refractivity contribution in [1.82, 2.24) is 15.1 Å². The summed E-state index contributed by atoms with van der Waals surface area (Å²) >= 11 is 0. The van der Waals surface area contributed by atoms with E-state index in [9.17, 15) is 0 Å². The average molecular weight is 263 g/mol. The monoisotopic (exact) mass is 263 g/mol. The second kappa shape index (κ2) is 5.43. The molecule has 1 aromatic heterocycles. The minimum absolute atomic E-state index is 0.319. The lowest BCUT2D eigenvalue weighted by molar-refractivity contribution is -0.0851. The molecule has 0 aromatic carbocycles. The summed E-state index contributed by atoms with van der Waals surface area (Å²) < 4.78 is 11.1. The molecule has 19 heavy (non-hydrogen) atoms. The number of aryl methyl sites for hydroxylation is 1. The van der Waals surface area contributed by atoms with E-state index < -0.39 is 0 Å². The first-order valence-electron chi connectivity index (χ1n) is 7.01. The van der Waals surface area contributed by atoms with Crippen molar-refractivity contribution in [3.05, 3.63) is 23.4 Å². The van der Waals surface area contributed by atoms with Crippen LogP contribution in [-0.4, -0.2) is 40.3 Å². The van der Waals surface area contributed by atoms with Crippen LogP contribution in [0.4, 0.5) is 0 Å². The minimum Gasteiger partial charge on any atom is -0.423 e. The molecule has 0 bridgehead atoms. The predicted octanol–water partition coefficient (Wildman–Crippen LogP) is 2.08. The van der Waals surface area contributed by atoms with Crippen molar-refractivity contribution in [2.45, 2.75) is 51.9 Å². The summed E-state index contributed by atoms with van der Waals surface area (Å²) in [5.74, 6) is 1.17. The van der Waals surface area contributed by atoms with Crippen LogP contribution in [0.2, 0.25) is 0 Å². The third kappa shape index (κ3) is 3.04. The Labute approximate surface area is 113 Å². The summed E-state index contributed by atoms with van der Waals surface area (Å²) in [6.07, 6.45) is 6.43. The first kappa shape index (κ1) is 12.8. The van der Waals surface area contributed by atoms with Crippen LogP contribution in [0.15, 0.2) is 16.1 Å². The van der Waals surface area contributed by atoms with Crippen LogP contribution in [0, 0.1) is 6.92 Å². The molecule has 0 saturated carbocycles. The molecule has 1 aliphatic heterocycles. The topological polar surface area (TPSA) is 51.4 Å². The van der Waals surface area contributed by atoms with Crippen molar-refractivity contribution in [2.75, 3.05) is 13.1 Å². The molecule has 1 aliphatic carbocycles. The van der Waals surface area contributed by atoms with Gasteiger partial charge in [0, 0.05) is 26.1 Å². The van der Waals surface area contributed by atoms with E-state index in [0.717, 1.165) is 13.1 Å². The summed E-state index contributed by atoms with van der Waals surface area (Å²) in [7, 11) is 0. The van der Waals surface area contributed by atoms with Crippen molar-refractivity contribution in [3.8, 4) is 0 Å². The van der Waals surface area contributed by atoms with Gasteiger partial charge in [-0.05, 0) is 26.2 Å². The van der Waals surface area contributed by atoms with Crippen molar-refractivity contribution < 1.29 is 9.15 Å². The molecule has 104 valence electrons. The highest BCUT2D eigenvalue weighted by Gasteiger charge is 2.33. The number of aromatic nitrogens is 2. The summed E-state index contributed by atoms with van der Waals surface area (Å²) in [6.45, 7) is 6.52. The van der Waals surface area contributed by atoms with Gasteiger partial charge in [0.1, 0.15) is 6.61 Å². The van der Waals surface area contributed by atoms with Crippen LogP contribution in [0.3, 0.4) is 0 Å². The fourth-order valence-electron chi connectivity index (χ4n) is 2.74.